The van der Waals surface area contributed by atoms with Crippen LogP contribution < -0.4 is 0 Å². The van der Waals surface area contributed by atoms with E-state index < -0.39 is 28.8 Å². The Morgan fingerprint density at radius 1 is 1.28 bits per heavy atom. The van der Waals surface area contributed by atoms with Crippen LogP contribution in [0.25, 0.3) is 0 Å². The van der Waals surface area contributed by atoms with E-state index in [1.807, 2.05) is 0 Å². The zero-order valence-corrected chi connectivity index (χ0v) is 10.4. The highest BCUT2D eigenvalue weighted by molar-refractivity contribution is 5.93. The van der Waals surface area contributed by atoms with Crippen molar-refractivity contribution in [1.29, 1.82) is 0 Å². The first-order chi connectivity index (χ1) is 8.17. The van der Waals surface area contributed by atoms with Crippen LogP contribution in [0.3, 0.4) is 0 Å². The molecule has 0 radical (unpaired) electrons. The predicted octanol–water partition coefficient (Wildman–Crippen LogP) is 0.903. The third-order valence-corrected chi connectivity index (χ3v) is 2.37. The van der Waals surface area contributed by atoms with E-state index in [2.05, 4.69) is 4.74 Å². The molecule has 6 heteroatoms. The number of esters is 1. The lowest BCUT2D eigenvalue weighted by molar-refractivity contribution is 0.0591. The molecule has 0 saturated carbocycles. The first-order valence-electron chi connectivity index (χ1n) is 5.25. The maximum absolute atomic E-state index is 11.5. The summed E-state index contributed by atoms with van der Waals surface area (Å²) in [6.07, 6.45) is -0.0862. The Bertz CT molecular complexity index is 472. The standard InChI is InChI=1S/C12H16O6/c1-12(2,17)5-7-6(11(16)18-3)4-8(13)10(15)9(7)14/h4,13-15,17H,5H2,1-3H3. The zero-order chi connectivity index (χ0) is 14.1. The van der Waals surface area contributed by atoms with Crippen LogP contribution in [0.15, 0.2) is 6.07 Å². The van der Waals surface area contributed by atoms with Gasteiger partial charge in [0.2, 0.25) is 5.75 Å². The average molecular weight is 256 g/mol. The van der Waals surface area contributed by atoms with Crippen LogP contribution in [0, 0.1) is 0 Å². The van der Waals surface area contributed by atoms with Crippen molar-refractivity contribution in [2.24, 2.45) is 0 Å². The Morgan fingerprint density at radius 3 is 2.28 bits per heavy atom. The molecule has 1 aromatic rings. The molecular weight excluding hydrogens is 240 g/mol. The molecule has 1 aromatic carbocycles. The highest BCUT2D eigenvalue weighted by Gasteiger charge is 2.26. The molecule has 0 aromatic heterocycles. The minimum absolute atomic E-state index is 0.0182. The molecule has 18 heavy (non-hydrogen) atoms. The smallest absolute Gasteiger partial charge is 0.338 e. The molecule has 0 amide bonds. The number of hydrogen-bond donors (Lipinski definition) is 4. The van der Waals surface area contributed by atoms with Crippen LogP contribution >= 0.6 is 0 Å². The van der Waals surface area contributed by atoms with E-state index in [9.17, 15) is 25.2 Å². The molecule has 0 aliphatic rings. The molecule has 0 atom stereocenters. The number of ether oxygens (including phenoxy) is 1. The second-order valence-electron chi connectivity index (χ2n) is 4.60. The Kier molecular flexibility index (Phi) is 3.71. The minimum atomic E-state index is -1.20. The normalized spacial score (nSPS) is 11.3. The fourth-order valence-corrected chi connectivity index (χ4v) is 1.59. The fourth-order valence-electron chi connectivity index (χ4n) is 1.59. The summed E-state index contributed by atoms with van der Waals surface area (Å²) in [7, 11) is 1.15. The van der Waals surface area contributed by atoms with Gasteiger partial charge < -0.3 is 25.2 Å². The van der Waals surface area contributed by atoms with Crippen LogP contribution in [0.1, 0.15) is 29.8 Å². The van der Waals surface area contributed by atoms with Gasteiger partial charge in [0, 0.05) is 12.0 Å². The summed E-state index contributed by atoms with van der Waals surface area (Å²) in [4.78, 5) is 11.5. The van der Waals surface area contributed by atoms with Gasteiger partial charge in [-0.15, -0.1) is 0 Å². The van der Waals surface area contributed by atoms with Gasteiger partial charge in [0.15, 0.2) is 11.5 Å². The van der Waals surface area contributed by atoms with Gasteiger partial charge in [0.1, 0.15) is 0 Å². The van der Waals surface area contributed by atoms with E-state index >= 15 is 0 Å². The van der Waals surface area contributed by atoms with Gasteiger partial charge >= 0.3 is 5.97 Å². The Balaban J connectivity index is 3.44. The number of phenolic OH excluding ortho intramolecular Hbond substituents is 3. The number of phenols is 3. The fraction of sp³-hybridized carbons (Fsp3) is 0.417. The van der Waals surface area contributed by atoms with Crippen LogP contribution in [0.4, 0.5) is 0 Å². The monoisotopic (exact) mass is 256 g/mol. The molecule has 4 N–H and O–H groups in total. The lowest BCUT2D eigenvalue weighted by Crippen LogP contribution is -2.23. The van der Waals surface area contributed by atoms with Crippen LogP contribution in [0.2, 0.25) is 0 Å². The average Bonchev–Trinajstić information content (AvgIpc) is 2.27. The van der Waals surface area contributed by atoms with Crippen molar-refractivity contribution in [3.05, 3.63) is 17.2 Å². The maximum Gasteiger partial charge on any atom is 0.338 e. The van der Waals surface area contributed by atoms with Gasteiger partial charge in [-0.3, -0.25) is 0 Å². The third kappa shape index (κ3) is 2.84. The summed E-state index contributed by atoms with van der Waals surface area (Å²) < 4.78 is 4.52. The number of benzene rings is 1. The summed E-state index contributed by atoms with van der Waals surface area (Å²) >= 11 is 0. The number of methoxy groups -OCH3 is 1. The molecule has 100 valence electrons. The predicted molar refractivity (Wildman–Crippen MR) is 62.8 cm³/mol. The van der Waals surface area contributed by atoms with Gasteiger partial charge in [-0.2, -0.15) is 0 Å². The van der Waals surface area contributed by atoms with Gasteiger partial charge in [-0.1, -0.05) is 0 Å². The number of carbonyl (C=O) groups is 1. The van der Waals surface area contributed by atoms with E-state index in [0.717, 1.165) is 13.2 Å². The van der Waals surface area contributed by atoms with Crippen LogP contribution in [0.5, 0.6) is 17.2 Å². The lowest BCUT2D eigenvalue weighted by atomic mass is 9.93. The van der Waals surface area contributed by atoms with Crippen molar-refractivity contribution in [2.45, 2.75) is 25.9 Å². The molecule has 0 bridgehead atoms. The summed E-state index contributed by atoms with van der Waals surface area (Å²) in [6.45, 7) is 2.97. The maximum atomic E-state index is 11.5. The molecule has 0 fully saturated rings. The third-order valence-electron chi connectivity index (χ3n) is 2.37. The largest absolute Gasteiger partial charge is 0.504 e. The van der Waals surface area contributed by atoms with Gasteiger partial charge in [-0.05, 0) is 19.9 Å². The number of aliphatic hydroxyl groups is 1. The van der Waals surface area contributed by atoms with Gasteiger partial charge in [0.05, 0.1) is 18.3 Å². The number of carbonyl (C=O) groups excluding carboxylic acids is 1. The van der Waals surface area contributed by atoms with Crippen LogP contribution in [-0.4, -0.2) is 39.1 Å². The van der Waals surface area contributed by atoms with Gasteiger partial charge in [-0.25, -0.2) is 4.79 Å². The van der Waals surface area contributed by atoms with E-state index in [1.165, 1.54) is 13.8 Å². The zero-order valence-electron chi connectivity index (χ0n) is 10.4. The van der Waals surface area contributed by atoms with E-state index in [1.54, 1.807) is 0 Å². The van der Waals surface area contributed by atoms with Crippen molar-refractivity contribution in [3.63, 3.8) is 0 Å². The van der Waals surface area contributed by atoms with E-state index in [-0.39, 0.29) is 17.5 Å². The van der Waals surface area contributed by atoms with Crippen molar-refractivity contribution in [1.82, 2.24) is 0 Å². The molecule has 0 heterocycles. The second-order valence-corrected chi connectivity index (χ2v) is 4.60. The second kappa shape index (κ2) is 4.73. The quantitative estimate of drug-likeness (QED) is 0.473. The molecule has 0 spiro atoms. The van der Waals surface area contributed by atoms with Gasteiger partial charge in [0.25, 0.3) is 0 Å². The van der Waals surface area contributed by atoms with Crippen molar-refractivity contribution in [3.8, 4) is 17.2 Å². The Morgan fingerprint density at radius 2 is 1.83 bits per heavy atom. The summed E-state index contributed by atoms with van der Waals surface area (Å²) in [5.41, 5.74) is -1.29. The van der Waals surface area contributed by atoms with Crippen LogP contribution in [-0.2, 0) is 11.2 Å². The first kappa shape index (κ1) is 14.1. The first-order valence-corrected chi connectivity index (χ1v) is 5.25. The Hall–Kier alpha value is -1.95. The molecule has 0 aliphatic heterocycles. The topological polar surface area (TPSA) is 107 Å². The molecule has 1 rings (SSSR count). The molecule has 0 aliphatic carbocycles. The summed E-state index contributed by atoms with van der Waals surface area (Å²) in [6, 6.07) is 0.988. The SMILES string of the molecule is COC(=O)c1cc(O)c(O)c(O)c1CC(C)(C)O. The van der Waals surface area contributed by atoms with Crippen molar-refractivity contribution < 1.29 is 30.0 Å². The molecule has 0 saturated heterocycles. The highest BCUT2D eigenvalue weighted by atomic mass is 16.5. The lowest BCUT2D eigenvalue weighted by Gasteiger charge is -2.20. The number of aromatic hydroxyl groups is 3. The van der Waals surface area contributed by atoms with Crippen molar-refractivity contribution in [2.75, 3.05) is 7.11 Å². The summed E-state index contributed by atoms with van der Waals surface area (Å²) in [5.74, 6) is -2.79. The minimum Gasteiger partial charge on any atom is -0.504 e. The van der Waals surface area contributed by atoms with Crippen molar-refractivity contribution >= 4 is 5.97 Å². The Labute approximate surface area is 104 Å². The number of hydrogen-bond acceptors (Lipinski definition) is 6. The van der Waals surface area contributed by atoms with E-state index in [4.69, 9.17) is 0 Å². The summed E-state index contributed by atoms with van der Waals surface area (Å²) in [5, 5.41) is 38.3. The molecule has 6 nitrogen and oxygen atoms in total. The highest BCUT2D eigenvalue weighted by Crippen LogP contribution is 2.41. The molecular formula is C12H16O6. The molecule has 0 unspecified atom stereocenters. The van der Waals surface area contributed by atoms with E-state index in [0.29, 0.717) is 0 Å². The number of rotatable bonds is 3.